The molecule has 1 aromatic rings. The number of carbonyl (C=O) groups is 2. The average molecular weight is 261 g/mol. The van der Waals surface area contributed by atoms with Crippen LogP contribution in [-0.2, 0) is 4.79 Å². The molecule has 0 atom stereocenters. The molecule has 0 heterocycles. The number of nitrogens with zero attached hydrogens (tertiary/aromatic N) is 1. The van der Waals surface area contributed by atoms with E-state index in [1.807, 2.05) is 13.0 Å². The number of rotatable bonds is 3. The first-order chi connectivity index (χ1) is 8.83. The normalized spacial score (nSPS) is 15.8. The number of anilines is 1. The van der Waals surface area contributed by atoms with Crippen LogP contribution in [0.2, 0.25) is 0 Å². The molecule has 1 aliphatic rings. The van der Waals surface area contributed by atoms with E-state index in [0.717, 1.165) is 5.56 Å². The highest BCUT2D eigenvalue weighted by atomic mass is 16.2. The Labute approximate surface area is 112 Å². The van der Waals surface area contributed by atoms with Gasteiger partial charge in [0.2, 0.25) is 5.91 Å². The lowest BCUT2D eigenvalue weighted by Crippen LogP contribution is -2.37. The third kappa shape index (κ3) is 2.76. The van der Waals surface area contributed by atoms with E-state index in [2.05, 4.69) is 5.32 Å². The topological polar surface area (TPSA) is 75.4 Å². The molecule has 0 aromatic heterocycles. The van der Waals surface area contributed by atoms with Crippen LogP contribution in [0.3, 0.4) is 0 Å². The molecule has 2 rings (SSSR count). The number of nitrogens with one attached hydrogen (secondary N) is 1. The molecule has 19 heavy (non-hydrogen) atoms. The Hall–Kier alpha value is -1.88. The molecule has 5 nitrogen and oxygen atoms in total. The zero-order valence-electron chi connectivity index (χ0n) is 11.5. The van der Waals surface area contributed by atoms with Crippen LogP contribution in [0.5, 0.6) is 0 Å². The maximum absolute atomic E-state index is 12.0. The van der Waals surface area contributed by atoms with Crippen LogP contribution >= 0.6 is 0 Å². The number of amides is 2. The molecule has 102 valence electrons. The van der Waals surface area contributed by atoms with Crippen molar-refractivity contribution in [3.63, 3.8) is 0 Å². The minimum atomic E-state index is -0.712. The van der Waals surface area contributed by atoms with Crippen molar-refractivity contribution in [2.75, 3.05) is 19.4 Å². The lowest BCUT2D eigenvalue weighted by molar-refractivity contribution is -0.118. The van der Waals surface area contributed by atoms with Gasteiger partial charge in [0.1, 0.15) is 0 Å². The van der Waals surface area contributed by atoms with Gasteiger partial charge in [-0.1, -0.05) is 6.07 Å². The van der Waals surface area contributed by atoms with E-state index in [9.17, 15) is 9.59 Å². The molecule has 1 fully saturated rings. The van der Waals surface area contributed by atoms with Crippen molar-refractivity contribution in [3.8, 4) is 0 Å². The van der Waals surface area contributed by atoms with Gasteiger partial charge in [-0.3, -0.25) is 9.59 Å². The van der Waals surface area contributed by atoms with E-state index in [-0.39, 0.29) is 11.8 Å². The minimum absolute atomic E-state index is 0.0810. The summed E-state index contributed by atoms with van der Waals surface area (Å²) in [7, 11) is 3.40. The highest BCUT2D eigenvalue weighted by molar-refractivity contribution is 6.02. The molecule has 0 aliphatic heterocycles. The van der Waals surface area contributed by atoms with E-state index in [0.29, 0.717) is 24.1 Å². The first kappa shape index (κ1) is 13.5. The molecule has 0 spiro atoms. The van der Waals surface area contributed by atoms with Gasteiger partial charge in [-0.25, -0.2) is 0 Å². The van der Waals surface area contributed by atoms with Crippen LogP contribution in [0.1, 0.15) is 28.8 Å². The van der Waals surface area contributed by atoms with Gasteiger partial charge in [0, 0.05) is 25.3 Å². The Morgan fingerprint density at radius 2 is 1.95 bits per heavy atom. The number of hydrogen-bond donors (Lipinski definition) is 2. The van der Waals surface area contributed by atoms with Gasteiger partial charge < -0.3 is 16.0 Å². The minimum Gasteiger partial charge on any atom is -0.345 e. The second-order valence-electron chi connectivity index (χ2n) is 5.34. The largest absolute Gasteiger partial charge is 0.345 e. The Balaban J connectivity index is 2.21. The van der Waals surface area contributed by atoms with Gasteiger partial charge >= 0.3 is 0 Å². The van der Waals surface area contributed by atoms with Gasteiger partial charge in [-0.05, 0) is 37.5 Å². The smallest absolute Gasteiger partial charge is 0.253 e. The third-order valence-corrected chi connectivity index (χ3v) is 3.37. The van der Waals surface area contributed by atoms with Crippen molar-refractivity contribution in [3.05, 3.63) is 29.3 Å². The molecule has 0 saturated heterocycles. The summed E-state index contributed by atoms with van der Waals surface area (Å²) in [6.45, 7) is 1.87. The Kier molecular flexibility index (Phi) is 3.32. The molecule has 2 amide bonds. The summed E-state index contributed by atoms with van der Waals surface area (Å²) in [6.07, 6.45) is 1.43. The predicted molar refractivity (Wildman–Crippen MR) is 74.0 cm³/mol. The summed E-state index contributed by atoms with van der Waals surface area (Å²) < 4.78 is 0. The van der Waals surface area contributed by atoms with Gasteiger partial charge in [0.15, 0.2) is 0 Å². The quantitative estimate of drug-likeness (QED) is 0.856. The monoisotopic (exact) mass is 261 g/mol. The molecule has 0 radical (unpaired) electrons. The van der Waals surface area contributed by atoms with Crippen molar-refractivity contribution >= 4 is 17.5 Å². The maximum Gasteiger partial charge on any atom is 0.253 e. The van der Waals surface area contributed by atoms with Crippen LogP contribution in [0.4, 0.5) is 5.69 Å². The summed E-state index contributed by atoms with van der Waals surface area (Å²) >= 11 is 0. The summed E-state index contributed by atoms with van der Waals surface area (Å²) in [5.74, 6) is -0.262. The second kappa shape index (κ2) is 4.66. The second-order valence-corrected chi connectivity index (χ2v) is 5.34. The number of carbonyl (C=O) groups excluding carboxylic acids is 2. The van der Waals surface area contributed by atoms with Crippen LogP contribution < -0.4 is 11.1 Å². The van der Waals surface area contributed by atoms with Crippen molar-refractivity contribution in [1.29, 1.82) is 0 Å². The third-order valence-electron chi connectivity index (χ3n) is 3.37. The number of benzene rings is 1. The number of nitrogens with two attached hydrogens (primary N) is 1. The number of hydrogen-bond acceptors (Lipinski definition) is 3. The molecule has 0 unspecified atom stereocenters. The van der Waals surface area contributed by atoms with Crippen LogP contribution in [-0.4, -0.2) is 36.3 Å². The Morgan fingerprint density at radius 3 is 2.47 bits per heavy atom. The first-order valence-corrected chi connectivity index (χ1v) is 6.26. The Bertz CT molecular complexity index is 533. The summed E-state index contributed by atoms with van der Waals surface area (Å²) in [5.41, 5.74) is 7.19. The first-order valence-electron chi connectivity index (χ1n) is 6.26. The van der Waals surface area contributed by atoms with Gasteiger partial charge in [0.25, 0.3) is 5.91 Å². The fourth-order valence-corrected chi connectivity index (χ4v) is 1.79. The van der Waals surface area contributed by atoms with E-state index in [1.54, 1.807) is 26.2 Å². The molecular weight excluding hydrogens is 242 g/mol. The van der Waals surface area contributed by atoms with Crippen LogP contribution in [0.15, 0.2) is 18.2 Å². The summed E-state index contributed by atoms with van der Waals surface area (Å²) in [6, 6.07) is 5.30. The highest BCUT2D eigenvalue weighted by Gasteiger charge is 2.45. The molecule has 3 N–H and O–H groups in total. The van der Waals surface area contributed by atoms with Crippen molar-refractivity contribution in [2.45, 2.75) is 25.3 Å². The van der Waals surface area contributed by atoms with Crippen LogP contribution in [0, 0.1) is 6.92 Å². The predicted octanol–water partition coefficient (Wildman–Crippen LogP) is 1.13. The standard InChI is InChI=1S/C14H19N3O2/c1-9-4-5-10(8-11(9)12(18)17(2)3)16-13(19)14(15)6-7-14/h4-5,8H,6-7,15H2,1-3H3,(H,16,19). The zero-order valence-corrected chi connectivity index (χ0v) is 11.5. The van der Waals surface area contributed by atoms with Gasteiger partial charge in [-0.15, -0.1) is 0 Å². The van der Waals surface area contributed by atoms with Crippen LogP contribution in [0.25, 0.3) is 0 Å². The molecule has 1 saturated carbocycles. The fraction of sp³-hybridized carbons (Fsp3) is 0.429. The molecule has 1 aliphatic carbocycles. The van der Waals surface area contributed by atoms with E-state index in [4.69, 9.17) is 5.73 Å². The lowest BCUT2D eigenvalue weighted by atomic mass is 10.1. The van der Waals surface area contributed by atoms with Crippen molar-refractivity contribution < 1.29 is 9.59 Å². The SMILES string of the molecule is Cc1ccc(NC(=O)C2(N)CC2)cc1C(=O)N(C)C. The van der Waals surface area contributed by atoms with Crippen molar-refractivity contribution in [1.82, 2.24) is 4.90 Å². The molecule has 0 bridgehead atoms. The van der Waals surface area contributed by atoms with Gasteiger partial charge in [-0.2, -0.15) is 0 Å². The van der Waals surface area contributed by atoms with Crippen molar-refractivity contribution in [2.24, 2.45) is 5.73 Å². The zero-order chi connectivity index (χ0) is 14.2. The van der Waals surface area contributed by atoms with E-state index >= 15 is 0 Å². The highest BCUT2D eigenvalue weighted by Crippen LogP contribution is 2.33. The molecule has 1 aromatic carbocycles. The summed E-state index contributed by atoms with van der Waals surface area (Å²) in [5, 5.41) is 2.77. The fourth-order valence-electron chi connectivity index (χ4n) is 1.79. The number of aryl methyl sites for hydroxylation is 1. The molecule has 5 heteroatoms. The average Bonchev–Trinajstić information content (AvgIpc) is 3.10. The van der Waals surface area contributed by atoms with E-state index < -0.39 is 5.54 Å². The molecular formula is C14H19N3O2. The Morgan fingerprint density at radius 1 is 1.32 bits per heavy atom. The maximum atomic E-state index is 12.0. The summed E-state index contributed by atoms with van der Waals surface area (Å²) in [4.78, 5) is 25.4. The van der Waals surface area contributed by atoms with Gasteiger partial charge in [0.05, 0.1) is 5.54 Å². The lowest BCUT2D eigenvalue weighted by Gasteiger charge is -2.15. The van der Waals surface area contributed by atoms with E-state index in [1.165, 1.54) is 4.90 Å².